The first-order valence-corrected chi connectivity index (χ1v) is 7.68. The second-order valence-corrected chi connectivity index (χ2v) is 5.57. The van der Waals surface area contributed by atoms with Crippen molar-refractivity contribution < 1.29 is 4.39 Å². The van der Waals surface area contributed by atoms with Crippen LogP contribution in [0.1, 0.15) is 26.2 Å². The van der Waals surface area contributed by atoms with Crippen molar-refractivity contribution in [2.75, 3.05) is 22.2 Å². The van der Waals surface area contributed by atoms with Crippen LogP contribution in [-0.2, 0) is 0 Å². The van der Waals surface area contributed by atoms with E-state index in [0.29, 0.717) is 17.7 Å². The molecule has 4 N–H and O–H groups in total. The maximum atomic E-state index is 13.8. The highest BCUT2D eigenvalue weighted by atomic mass is 19.1. The summed E-state index contributed by atoms with van der Waals surface area (Å²) in [7, 11) is 0. The van der Waals surface area contributed by atoms with Gasteiger partial charge in [-0.15, -0.1) is 0 Å². The van der Waals surface area contributed by atoms with E-state index < -0.39 is 0 Å². The highest BCUT2D eigenvalue weighted by molar-refractivity contribution is 5.56. The third-order valence-corrected chi connectivity index (χ3v) is 3.93. The zero-order chi connectivity index (χ0) is 16.2. The minimum absolute atomic E-state index is 0.242. The summed E-state index contributed by atoms with van der Waals surface area (Å²) in [6, 6.07) is 6.71. The zero-order valence-corrected chi connectivity index (χ0v) is 13.0. The number of nitrogen functional groups attached to an aromatic ring is 1. The van der Waals surface area contributed by atoms with E-state index in [4.69, 9.17) is 5.84 Å². The Morgan fingerprint density at radius 1 is 1.17 bits per heavy atom. The predicted octanol–water partition coefficient (Wildman–Crippen LogP) is 2.42. The summed E-state index contributed by atoms with van der Waals surface area (Å²) in [5.41, 5.74) is 2.74. The standard InChI is InChI=1S/C15H20FN7/c1-10-6-4-5-9-23(10)15-20-13(19-14(21-15)22-17)18-12-8-3-2-7-11(12)16/h2-3,7-8,10H,4-6,9,17H2,1H3,(H2,18,19,20,21,22)/t10-/m1/s1. The van der Waals surface area contributed by atoms with E-state index in [1.165, 1.54) is 12.5 Å². The number of halogens is 1. The van der Waals surface area contributed by atoms with Gasteiger partial charge in [-0.2, -0.15) is 15.0 Å². The van der Waals surface area contributed by atoms with E-state index in [-0.39, 0.29) is 17.7 Å². The van der Waals surface area contributed by atoms with Crippen LogP contribution in [0.15, 0.2) is 24.3 Å². The Morgan fingerprint density at radius 3 is 2.70 bits per heavy atom. The maximum Gasteiger partial charge on any atom is 0.243 e. The van der Waals surface area contributed by atoms with Gasteiger partial charge in [-0.3, -0.25) is 5.43 Å². The van der Waals surface area contributed by atoms with Crippen LogP contribution in [0.2, 0.25) is 0 Å². The molecule has 122 valence electrons. The van der Waals surface area contributed by atoms with Gasteiger partial charge in [0.25, 0.3) is 0 Å². The van der Waals surface area contributed by atoms with Crippen LogP contribution in [0.3, 0.4) is 0 Å². The number of nitrogens with one attached hydrogen (secondary N) is 2. The van der Waals surface area contributed by atoms with Crippen LogP contribution < -0.4 is 21.5 Å². The van der Waals surface area contributed by atoms with Gasteiger partial charge in [0, 0.05) is 12.6 Å². The molecule has 2 heterocycles. The second kappa shape index (κ2) is 6.74. The van der Waals surface area contributed by atoms with Gasteiger partial charge in [0.2, 0.25) is 17.8 Å². The van der Waals surface area contributed by atoms with Crippen molar-refractivity contribution in [3.8, 4) is 0 Å². The Hall–Kier alpha value is -2.48. The molecule has 1 aliphatic heterocycles. The average molecular weight is 317 g/mol. The lowest BCUT2D eigenvalue weighted by molar-refractivity contribution is 0.477. The van der Waals surface area contributed by atoms with Crippen molar-refractivity contribution in [1.82, 2.24) is 15.0 Å². The summed E-state index contributed by atoms with van der Waals surface area (Å²) in [5.74, 6) is 6.12. The first-order valence-electron chi connectivity index (χ1n) is 7.68. The Bertz CT molecular complexity index is 679. The van der Waals surface area contributed by atoms with E-state index in [1.54, 1.807) is 18.2 Å². The Balaban J connectivity index is 1.91. The summed E-state index contributed by atoms with van der Waals surface area (Å²) < 4.78 is 13.8. The van der Waals surface area contributed by atoms with Gasteiger partial charge in [-0.05, 0) is 38.3 Å². The summed E-state index contributed by atoms with van der Waals surface area (Å²) in [6.45, 7) is 3.02. The molecule has 0 bridgehead atoms. The number of hydrogen-bond donors (Lipinski definition) is 3. The number of anilines is 4. The van der Waals surface area contributed by atoms with Gasteiger partial charge < -0.3 is 10.2 Å². The van der Waals surface area contributed by atoms with Crippen LogP contribution in [0, 0.1) is 5.82 Å². The molecule has 8 heteroatoms. The molecule has 23 heavy (non-hydrogen) atoms. The molecule has 7 nitrogen and oxygen atoms in total. The van der Waals surface area contributed by atoms with Gasteiger partial charge in [0.1, 0.15) is 5.82 Å². The fourth-order valence-electron chi connectivity index (χ4n) is 2.69. The Labute approximate surface area is 134 Å². The predicted molar refractivity (Wildman–Crippen MR) is 88.0 cm³/mol. The van der Waals surface area contributed by atoms with Gasteiger partial charge >= 0.3 is 0 Å². The summed E-state index contributed by atoms with van der Waals surface area (Å²) in [5, 5.41) is 2.88. The van der Waals surface area contributed by atoms with Crippen molar-refractivity contribution in [3.63, 3.8) is 0 Å². The van der Waals surface area contributed by atoms with E-state index >= 15 is 0 Å². The summed E-state index contributed by atoms with van der Waals surface area (Å²) in [4.78, 5) is 15.0. The van der Waals surface area contributed by atoms with E-state index in [1.807, 2.05) is 0 Å². The first-order chi connectivity index (χ1) is 11.2. The molecular weight excluding hydrogens is 297 g/mol. The lowest BCUT2D eigenvalue weighted by Gasteiger charge is -2.33. The van der Waals surface area contributed by atoms with Crippen molar-refractivity contribution in [1.29, 1.82) is 0 Å². The molecule has 0 aliphatic carbocycles. The highest BCUT2D eigenvalue weighted by Gasteiger charge is 2.22. The number of nitrogens with zero attached hydrogens (tertiary/aromatic N) is 4. The summed E-state index contributed by atoms with van der Waals surface area (Å²) >= 11 is 0. The van der Waals surface area contributed by atoms with Crippen molar-refractivity contribution in [3.05, 3.63) is 30.1 Å². The molecule has 3 rings (SSSR count). The number of aromatic nitrogens is 3. The monoisotopic (exact) mass is 317 g/mol. The quantitative estimate of drug-likeness (QED) is 0.589. The van der Waals surface area contributed by atoms with Crippen molar-refractivity contribution >= 4 is 23.5 Å². The van der Waals surface area contributed by atoms with Crippen molar-refractivity contribution in [2.24, 2.45) is 5.84 Å². The largest absolute Gasteiger partial charge is 0.338 e. The molecular formula is C15H20FN7. The lowest BCUT2D eigenvalue weighted by Crippen LogP contribution is -2.39. The zero-order valence-electron chi connectivity index (χ0n) is 13.0. The SMILES string of the molecule is C[C@@H]1CCCCN1c1nc(NN)nc(Nc2ccccc2F)n1. The number of nitrogens with two attached hydrogens (primary N) is 1. The number of hydrogen-bond acceptors (Lipinski definition) is 7. The van der Waals surface area contributed by atoms with Gasteiger partial charge in [-0.1, -0.05) is 12.1 Å². The molecule has 0 unspecified atom stereocenters. The number of benzene rings is 1. The summed E-state index contributed by atoms with van der Waals surface area (Å²) in [6.07, 6.45) is 3.38. The molecule has 0 radical (unpaired) electrons. The minimum Gasteiger partial charge on any atom is -0.338 e. The average Bonchev–Trinajstić information content (AvgIpc) is 2.57. The smallest absolute Gasteiger partial charge is 0.243 e. The van der Waals surface area contributed by atoms with Crippen LogP contribution in [0.5, 0.6) is 0 Å². The molecule has 1 aromatic carbocycles. The Morgan fingerprint density at radius 2 is 1.96 bits per heavy atom. The molecule has 0 saturated carbocycles. The number of piperidine rings is 1. The third-order valence-electron chi connectivity index (χ3n) is 3.93. The molecule has 0 amide bonds. The molecule has 1 atom stereocenters. The first kappa shape index (κ1) is 15.4. The Kier molecular flexibility index (Phi) is 4.52. The van der Waals surface area contributed by atoms with Crippen LogP contribution in [-0.4, -0.2) is 27.5 Å². The van der Waals surface area contributed by atoms with Gasteiger partial charge in [0.05, 0.1) is 5.69 Å². The number of rotatable bonds is 4. The van der Waals surface area contributed by atoms with Gasteiger partial charge in [-0.25, -0.2) is 10.2 Å². The topological polar surface area (TPSA) is 92.0 Å². The van der Waals surface area contributed by atoms with E-state index in [9.17, 15) is 4.39 Å². The molecule has 0 spiro atoms. The minimum atomic E-state index is -0.372. The molecule has 1 fully saturated rings. The highest BCUT2D eigenvalue weighted by Crippen LogP contribution is 2.24. The van der Waals surface area contributed by atoms with Crippen molar-refractivity contribution in [2.45, 2.75) is 32.2 Å². The number of hydrazine groups is 1. The van der Waals surface area contributed by atoms with Crippen LogP contribution in [0.4, 0.5) is 27.9 Å². The van der Waals surface area contributed by atoms with E-state index in [2.05, 4.69) is 37.5 Å². The fourth-order valence-corrected chi connectivity index (χ4v) is 2.69. The third kappa shape index (κ3) is 3.48. The lowest BCUT2D eigenvalue weighted by atomic mass is 10.0. The fraction of sp³-hybridized carbons (Fsp3) is 0.400. The normalized spacial score (nSPS) is 17.9. The van der Waals surface area contributed by atoms with Crippen LogP contribution >= 0.6 is 0 Å². The maximum absolute atomic E-state index is 13.8. The molecule has 1 aliphatic rings. The van der Waals surface area contributed by atoms with Crippen LogP contribution in [0.25, 0.3) is 0 Å². The number of para-hydroxylation sites is 1. The second-order valence-electron chi connectivity index (χ2n) is 5.57. The molecule has 2 aromatic rings. The van der Waals surface area contributed by atoms with Gasteiger partial charge in [0.15, 0.2) is 0 Å². The molecule has 1 aromatic heterocycles. The molecule has 1 saturated heterocycles. The van der Waals surface area contributed by atoms with E-state index in [0.717, 1.165) is 19.4 Å².